The molecular weight excluding hydrogens is 396 g/mol. The summed E-state index contributed by atoms with van der Waals surface area (Å²) in [4.78, 5) is 26.4. The Morgan fingerprint density at radius 2 is 1.83 bits per heavy atom. The van der Waals surface area contributed by atoms with E-state index in [1.165, 1.54) is 18.2 Å². The minimum Gasteiger partial charge on any atom is -0.484 e. The van der Waals surface area contributed by atoms with Gasteiger partial charge in [0.05, 0.1) is 4.92 Å². The molecule has 7 nitrogen and oxygen atoms in total. The number of nitro groups is 1. The Kier molecular flexibility index (Phi) is 6.61. The van der Waals surface area contributed by atoms with Gasteiger partial charge in [-0.15, -0.1) is 0 Å². The topological polar surface area (TPSA) is 75.9 Å². The molecule has 30 heavy (non-hydrogen) atoms. The molecule has 1 heterocycles. The van der Waals surface area contributed by atoms with Crippen molar-refractivity contribution in [3.63, 3.8) is 0 Å². The number of carbonyl (C=O) groups excluding carboxylic acids is 1. The number of halogens is 2. The van der Waals surface area contributed by atoms with Crippen molar-refractivity contribution < 1.29 is 23.2 Å². The maximum atomic E-state index is 13.7. The third kappa shape index (κ3) is 5.10. The maximum absolute atomic E-state index is 13.7. The average molecular weight is 419 g/mol. The summed E-state index contributed by atoms with van der Waals surface area (Å²) >= 11 is 0. The van der Waals surface area contributed by atoms with Crippen molar-refractivity contribution in [2.24, 2.45) is 0 Å². The van der Waals surface area contributed by atoms with Crippen molar-refractivity contribution in [1.29, 1.82) is 0 Å². The van der Waals surface area contributed by atoms with Crippen LogP contribution in [0.5, 0.6) is 5.75 Å². The molecule has 2 atom stereocenters. The largest absolute Gasteiger partial charge is 0.484 e. The predicted molar refractivity (Wildman–Crippen MR) is 106 cm³/mol. The fourth-order valence-electron chi connectivity index (χ4n) is 3.54. The van der Waals surface area contributed by atoms with Gasteiger partial charge in [-0.3, -0.25) is 19.8 Å². The van der Waals surface area contributed by atoms with Gasteiger partial charge in [0.15, 0.2) is 6.61 Å². The molecule has 0 spiro atoms. The fourth-order valence-corrected chi connectivity index (χ4v) is 3.54. The van der Waals surface area contributed by atoms with Crippen molar-refractivity contribution in [3.05, 3.63) is 69.8 Å². The Bertz CT molecular complexity index is 923. The van der Waals surface area contributed by atoms with E-state index in [4.69, 9.17) is 4.74 Å². The summed E-state index contributed by atoms with van der Waals surface area (Å²) in [5.74, 6) is -1.47. The molecular formula is C21H23F2N3O4. The van der Waals surface area contributed by atoms with Gasteiger partial charge in [0, 0.05) is 43.9 Å². The van der Waals surface area contributed by atoms with Gasteiger partial charge < -0.3 is 9.64 Å². The minimum atomic E-state index is -1.01. The van der Waals surface area contributed by atoms with Crippen LogP contribution in [0.4, 0.5) is 14.5 Å². The smallest absolute Gasteiger partial charge is 0.305 e. The summed E-state index contributed by atoms with van der Waals surface area (Å²) in [6, 6.07) is 9.57. The molecule has 160 valence electrons. The highest BCUT2D eigenvalue weighted by Gasteiger charge is 2.32. The van der Waals surface area contributed by atoms with Crippen LogP contribution in [0.1, 0.15) is 19.4 Å². The van der Waals surface area contributed by atoms with E-state index in [9.17, 15) is 23.7 Å². The molecule has 2 aromatic carbocycles. The van der Waals surface area contributed by atoms with Crippen molar-refractivity contribution in [3.8, 4) is 5.75 Å². The van der Waals surface area contributed by atoms with E-state index in [0.717, 1.165) is 17.7 Å². The van der Waals surface area contributed by atoms with Crippen molar-refractivity contribution >= 4 is 11.6 Å². The maximum Gasteiger partial charge on any atom is 0.305 e. The monoisotopic (exact) mass is 419 g/mol. The molecule has 1 saturated heterocycles. The van der Waals surface area contributed by atoms with Crippen LogP contribution < -0.4 is 4.74 Å². The number of hydrogen-bond acceptors (Lipinski definition) is 5. The zero-order valence-corrected chi connectivity index (χ0v) is 16.8. The SMILES string of the molecule is C[C@@H]1CN(C(=O)COc2ccc([N+](=O)[O-])c(F)c2)[C@@H](C)CN1Cc1ccc(F)cc1. The fraction of sp³-hybridized carbons (Fsp3) is 0.381. The number of piperazine rings is 1. The van der Waals surface area contributed by atoms with Gasteiger partial charge in [-0.2, -0.15) is 4.39 Å². The highest BCUT2D eigenvalue weighted by molar-refractivity contribution is 5.78. The van der Waals surface area contributed by atoms with Gasteiger partial charge in [-0.05, 0) is 37.6 Å². The van der Waals surface area contributed by atoms with E-state index < -0.39 is 16.4 Å². The van der Waals surface area contributed by atoms with Gasteiger partial charge >= 0.3 is 5.69 Å². The molecule has 1 aliphatic rings. The molecule has 0 radical (unpaired) electrons. The molecule has 3 rings (SSSR count). The summed E-state index contributed by atoms with van der Waals surface area (Å²) in [6.45, 7) is 5.48. The van der Waals surface area contributed by atoms with Gasteiger partial charge in [0.25, 0.3) is 5.91 Å². The van der Waals surface area contributed by atoms with E-state index in [1.54, 1.807) is 17.0 Å². The van der Waals surface area contributed by atoms with Crippen LogP contribution in [0, 0.1) is 21.7 Å². The number of benzene rings is 2. The highest BCUT2D eigenvalue weighted by atomic mass is 19.1. The summed E-state index contributed by atoms with van der Waals surface area (Å²) in [6.07, 6.45) is 0. The molecule has 0 saturated carbocycles. The lowest BCUT2D eigenvalue weighted by Crippen LogP contribution is -2.58. The lowest BCUT2D eigenvalue weighted by atomic mass is 10.1. The second-order valence-electron chi connectivity index (χ2n) is 7.46. The Morgan fingerprint density at radius 3 is 2.47 bits per heavy atom. The molecule has 0 aromatic heterocycles. The van der Waals surface area contributed by atoms with Gasteiger partial charge in [0.1, 0.15) is 11.6 Å². The summed E-state index contributed by atoms with van der Waals surface area (Å²) in [5.41, 5.74) is 0.354. The van der Waals surface area contributed by atoms with E-state index >= 15 is 0 Å². The average Bonchev–Trinajstić information content (AvgIpc) is 2.70. The molecule has 0 N–H and O–H groups in total. The minimum absolute atomic E-state index is 0.0575. The Labute approximate surface area is 173 Å². The summed E-state index contributed by atoms with van der Waals surface area (Å²) in [7, 11) is 0. The van der Waals surface area contributed by atoms with E-state index in [-0.39, 0.29) is 36.2 Å². The normalized spacial score (nSPS) is 19.5. The first-order chi connectivity index (χ1) is 14.2. The van der Waals surface area contributed by atoms with Crippen molar-refractivity contribution in [2.45, 2.75) is 32.5 Å². The second kappa shape index (κ2) is 9.17. The number of hydrogen-bond donors (Lipinski definition) is 0. The molecule has 1 aliphatic heterocycles. The number of nitrogens with zero attached hydrogens (tertiary/aromatic N) is 3. The Morgan fingerprint density at radius 1 is 1.13 bits per heavy atom. The molecule has 1 fully saturated rings. The third-order valence-corrected chi connectivity index (χ3v) is 5.21. The molecule has 0 unspecified atom stereocenters. The zero-order chi connectivity index (χ0) is 21.8. The van der Waals surface area contributed by atoms with Gasteiger partial charge in [0.2, 0.25) is 5.82 Å². The zero-order valence-electron chi connectivity index (χ0n) is 16.8. The molecule has 0 bridgehead atoms. The summed E-state index contributed by atoms with van der Waals surface area (Å²) < 4.78 is 32.1. The number of carbonyl (C=O) groups is 1. The predicted octanol–water partition coefficient (Wildman–Crippen LogP) is 3.37. The van der Waals surface area contributed by atoms with Crippen LogP contribution in [0.3, 0.4) is 0 Å². The van der Waals surface area contributed by atoms with Gasteiger partial charge in [-0.25, -0.2) is 4.39 Å². The Balaban J connectivity index is 1.56. The van der Waals surface area contributed by atoms with E-state index in [2.05, 4.69) is 4.90 Å². The van der Waals surface area contributed by atoms with Crippen LogP contribution in [-0.2, 0) is 11.3 Å². The number of amides is 1. The first kappa shape index (κ1) is 21.6. The lowest BCUT2D eigenvalue weighted by molar-refractivity contribution is -0.387. The van der Waals surface area contributed by atoms with Gasteiger partial charge in [-0.1, -0.05) is 12.1 Å². The standard InChI is InChI=1S/C21H23F2N3O4/c1-14-11-25(15(2)10-24(14)12-16-3-5-17(22)6-4-16)21(27)13-30-18-7-8-20(26(28)29)19(23)9-18/h3-9,14-15H,10-13H2,1-2H3/t14-,15+/m1/s1. The number of ether oxygens (including phenoxy) is 1. The van der Waals surface area contributed by atoms with Crippen LogP contribution in [0.25, 0.3) is 0 Å². The first-order valence-corrected chi connectivity index (χ1v) is 9.59. The third-order valence-electron chi connectivity index (χ3n) is 5.21. The van der Waals surface area contributed by atoms with E-state index in [1.807, 2.05) is 13.8 Å². The van der Waals surface area contributed by atoms with Crippen LogP contribution in [0.2, 0.25) is 0 Å². The van der Waals surface area contributed by atoms with Crippen molar-refractivity contribution in [2.75, 3.05) is 19.7 Å². The molecule has 2 aromatic rings. The second-order valence-corrected chi connectivity index (χ2v) is 7.46. The van der Waals surface area contributed by atoms with Crippen LogP contribution in [-0.4, -0.2) is 52.4 Å². The van der Waals surface area contributed by atoms with E-state index in [0.29, 0.717) is 19.6 Å². The molecule has 9 heteroatoms. The van der Waals surface area contributed by atoms with Crippen molar-refractivity contribution in [1.82, 2.24) is 9.80 Å². The lowest BCUT2D eigenvalue weighted by Gasteiger charge is -2.44. The first-order valence-electron chi connectivity index (χ1n) is 9.59. The van der Waals surface area contributed by atoms with Crippen LogP contribution in [0.15, 0.2) is 42.5 Å². The van der Waals surface area contributed by atoms with Crippen LogP contribution >= 0.6 is 0 Å². The quantitative estimate of drug-likeness (QED) is 0.530. The Hall–Kier alpha value is -3.07. The molecule has 1 amide bonds. The highest BCUT2D eigenvalue weighted by Crippen LogP contribution is 2.23. The molecule has 0 aliphatic carbocycles. The number of nitro benzene ring substituents is 1. The summed E-state index contributed by atoms with van der Waals surface area (Å²) in [5, 5.41) is 10.7. The number of rotatable bonds is 6.